The summed E-state index contributed by atoms with van der Waals surface area (Å²) in [6, 6.07) is 5.12. The minimum atomic E-state index is -0.391. The number of rotatable bonds is 5. The van der Waals surface area contributed by atoms with Gasteiger partial charge in [0.2, 0.25) is 0 Å². The molecule has 96 valence electrons. The second-order valence-corrected chi connectivity index (χ2v) is 4.29. The first-order chi connectivity index (χ1) is 8.63. The van der Waals surface area contributed by atoms with Crippen molar-refractivity contribution in [2.45, 2.75) is 19.3 Å². The van der Waals surface area contributed by atoms with Gasteiger partial charge in [0.1, 0.15) is 0 Å². The average molecular weight is 250 g/mol. The fraction of sp³-hybridized carbons (Fsp3) is 0.385. The first kappa shape index (κ1) is 12.5. The molecule has 1 aromatic heterocycles. The van der Waals surface area contributed by atoms with E-state index in [0.29, 0.717) is 30.3 Å². The fourth-order valence-electron chi connectivity index (χ4n) is 1.93. The van der Waals surface area contributed by atoms with Gasteiger partial charge in [0, 0.05) is 19.0 Å². The van der Waals surface area contributed by atoms with Crippen LogP contribution in [0, 0.1) is 0 Å². The third-order valence-electron chi connectivity index (χ3n) is 3.01. The van der Waals surface area contributed by atoms with Crippen LogP contribution in [0.3, 0.4) is 0 Å². The van der Waals surface area contributed by atoms with Gasteiger partial charge >= 0.3 is 5.69 Å². The number of aromatic amines is 1. The highest BCUT2D eigenvalue weighted by Crippen LogP contribution is 2.14. The number of H-pyrrole nitrogens is 1. The number of hydrogen-bond donors (Lipinski definition) is 1. The van der Waals surface area contributed by atoms with E-state index in [1.54, 1.807) is 25.2 Å². The van der Waals surface area contributed by atoms with Crippen LogP contribution < -0.4 is 5.69 Å². The van der Waals surface area contributed by atoms with Crippen LogP contribution in [0.4, 0.5) is 4.39 Å². The standard InChI is InChI=1S/C13H15FN2O2/c1-16-11-6-5-9(8-10(11)15-13(16)18)12(17)4-2-3-7-14/h5-6,8H,2-4,7H2,1H3,(H,15,18). The van der Waals surface area contributed by atoms with Crippen LogP contribution in [0.2, 0.25) is 0 Å². The summed E-state index contributed by atoms with van der Waals surface area (Å²) in [4.78, 5) is 25.9. The number of halogens is 1. The molecule has 18 heavy (non-hydrogen) atoms. The number of nitrogens with zero attached hydrogens (tertiary/aromatic N) is 1. The van der Waals surface area contributed by atoms with E-state index in [1.165, 1.54) is 4.57 Å². The van der Waals surface area contributed by atoms with Crippen LogP contribution >= 0.6 is 0 Å². The lowest BCUT2D eigenvalue weighted by atomic mass is 10.1. The molecule has 0 amide bonds. The van der Waals surface area contributed by atoms with Crippen molar-refractivity contribution in [2.24, 2.45) is 7.05 Å². The van der Waals surface area contributed by atoms with Gasteiger partial charge in [-0.15, -0.1) is 0 Å². The molecular weight excluding hydrogens is 235 g/mol. The molecule has 0 saturated heterocycles. The van der Waals surface area contributed by atoms with E-state index in [1.807, 2.05) is 0 Å². The van der Waals surface area contributed by atoms with Gasteiger partial charge < -0.3 is 4.98 Å². The van der Waals surface area contributed by atoms with Gasteiger partial charge in [0.15, 0.2) is 5.78 Å². The van der Waals surface area contributed by atoms with E-state index in [4.69, 9.17) is 0 Å². The summed E-state index contributed by atoms with van der Waals surface area (Å²) in [5.74, 6) is -0.0185. The summed E-state index contributed by atoms with van der Waals surface area (Å²) in [6.07, 6.45) is 1.31. The van der Waals surface area contributed by atoms with Crippen molar-refractivity contribution in [1.82, 2.24) is 9.55 Å². The number of carbonyl (C=O) groups is 1. The molecule has 0 aliphatic rings. The van der Waals surface area contributed by atoms with E-state index in [9.17, 15) is 14.0 Å². The third-order valence-corrected chi connectivity index (χ3v) is 3.01. The fourth-order valence-corrected chi connectivity index (χ4v) is 1.93. The monoisotopic (exact) mass is 250 g/mol. The lowest BCUT2D eigenvalue weighted by molar-refractivity contribution is 0.0979. The van der Waals surface area contributed by atoms with Crippen molar-refractivity contribution in [3.8, 4) is 0 Å². The number of aromatic nitrogens is 2. The molecule has 0 radical (unpaired) electrons. The van der Waals surface area contributed by atoms with E-state index < -0.39 is 6.67 Å². The smallest absolute Gasteiger partial charge is 0.306 e. The molecular formula is C13H15FN2O2. The van der Waals surface area contributed by atoms with Gasteiger partial charge in [-0.1, -0.05) is 0 Å². The molecule has 0 bridgehead atoms. The number of nitrogens with one attached hydrogen (secondary N) is 1. The number of Topliss-reactive ketones (excluding diaryl/α,β-unsaturated/α-hetero) is 1. The Balaban J connectivity index is 2.24. The van der Waals surface area contributed by atoms with Gasteiger partial charge in [0.25, 0.3) is 0 Å². The predicted octanol–water partition coefficient (Wildman–Crippen LogP) is 2.19. The van der Waals surface area contributed by atoms with Crippen LogP contribution in [-0.4, -0.2) is 22.0 Å². The number of aryl methyl sites for hydroxylation is 1. The molecule has 0 saturated carbocycles. The molecule has 1 aromatic carbocycles. The topological polar surface area (TPSA) is 54.9 Å². The van der Waals surface area contributed by atoms with Crippen molar-refractivity contribution in [1.29, 1.82) is 0 Å². The molecule has 0 fully saturated rings. The number of imidazole rings is 1. The maximum Gasteiger partial charge on any atom is 0.326 e. The highest BCUT2D eigenvalue weighted by Gasteiger charge is 2.09. The quantitative estimate of drug-likeness (QED) is 0.653. The molecule has 4 nitrogen and oxygen atoms in total. The molecule has 0 spiro atoms. The zero-order valence-electron chi connectivity index (χ0n) is 10.2. The molecule has 2 aromatic rings. The summed E-state index contributed by atoms with van der Waals surface area (Å²) in [6.45, 7) is -0.391. The number of benzene rings is 1. The first-order valence-corrected chi connectivity index (χ1v) is 5.91. The van der Waals surface area contributed by atoms with Crippen LogP contribution in [0.5, 0.6) is 0 Å². The number of unbranched alkanes of at least 4 members (excludes halogenated alkanes) is 1. The maximum absolute atomic E-state index is 11.9. The largest absolute Gasteiger partial charge is 0.326 e. The zero-order valence-corrected chi connectivity index (χ0v) is 10.2. The molecule has 0 unspecified atom stereocenters. The van der Waals surface area contributed by atoms with Crippen molar-refractivity contribution in [2.75, 3.05) is 6.67 Å². The summed E-state index contributed by atoms with van der Waals surface area (Å²) in [5, 5.41) is 0. The van der Waals surface area contributed by atoms with E-state index in [2.05, 4.69) is 4.98 Å². The average Bonchev–Trinajstić information content (AvgIpc) is 2.65. The van der Waals surface area contributed by atoms with E-state index in [-0.39, 0.29) is 11.5 Å². The normalized spacial score (nSPS) is 11.0. The number of ketones is 1. The Morgan fingerprint density at radius 1 is 1.39 bits per heavy atom. The summed E-state index contributed by atoms with van der Waals surface area (Å²) >= 11 is 0. The first-order valence-electron chi connectivity index (χ1n) is 5.91. The molecule has 5 heteroatoms. The van der Waals surface area contributed by atoms with Crippen LogP contribution in [0.25, 0.3) is 11.0 Å². The second kappa shape index (κ2) is 5.16. The lowest BCUT2D eigenvalue weighted by Gasteiger charge is -2.01. The molecule has 1 N–H and O–H groups in total. The molecule has 1 heterocycles. The SMILES string of the molecule is Cn1c(=O)[nH]c2cc(C(=O)CCCCF)ccc21. The molecule has 0 aliphatic heterocycles. The Morgan fingerprint density at radius 3 is 2.89 bits per heavy atom. The predicted molar refractivity (Wildman–Crippen MR) is 67.7 cm³/mol. The van der Waals surface area contributed by atoms with Gasteiger partial charge in [-0.25, -0.2) is 4.79 Å². The van der Waals surface area contributed by atoms with Crippen LogP contribution in [0.1, 0.15) is 29.6 Å². The minimum absolute atomic E-state index is 0.0185. The molecule has 2 rings (SSSR count). The van der Waals surface area contributed by atoms with Crippen molar-refractivity contribution < 1.29 is 9.18 Å². The van der Waals surface area contributed by atoms with Crippen molar-refractivity contribution >= 4 is 16.8 Å². The molecule has 0 atom stereocenters. The Kier molecular flexibility index (Phi) is 3.60. The Morgan fingerprint density at radius 2 is 2.17 bits per heavy atom. The van der Waals surface area contributed by atoms with Crippen LogP contribution in [-0.2, 0) is 7.05 Å². The molecule has 0 aliphatic carbocycles. The van der Waals surface area contributed by atoms with Gasteiger partial charge in [-0.3, -0.25) is 13.8 Å². The number of alkyl halides is 1. The Labute approximate surface area is 103 Å². The Hall–Kier alpha value is -1.91. The van der Waals surface area contributed by atoms with Gasteiger partial charge in [-0.05, 0) is 31.0 Å². The number of hydrogen-bond acceptors (Lipinski definition) is 2. The number of carbonyl (C=O) groups excluding carboxylic acids is 1. The Bertz CT molecular complexity index is 627. The minimum Gasteiger partial charge on any atom is -0.306 e. The summed E-state index contributed by atoms with van der Waals surface area (Å²) < 4.78 is 13.4. The zero-order chi connectivity index (χ0) is 13.1. The van der Waals surface area contributed by atoms with Gasteiger partial charge in [-0.2, -0.15) is 0 Å². The maximum atomic E-state index is 11.9. The summed E-state index contributed by atoms with van der Waals surface area (Å²) in [7, 11) is 1.67. The van der Waals surface area contributed by atoms with Crippen molar-refractivity contribution in [3.05, 3.63) is 34.2 Å². The number of fused-ring (bicyclic) bond motifs is 1. The summed E-state index contributed by atoms with van der Waals surface area (Å²) in [5.41, 5.74) is 1.77. The van der Waals surface area contributed by atoms with E-state index in [0.717, 1.165) is 5.52 Å². The van der Waals surface area contributed by atoms with Gasteiger partial charge in [0.05, 0.1) is 17.7 Å². The second-order valence-electron chi connectivity index (χ2n) is 4.29. The van der Waals surface area contributed by atoms with E-state index >= 15 is 0 Å². The lowest BCUT2D eigenvalue weighted by Crippen LogP contribution is -2.11. The highest BCUT2D eigenvalue weighted by atomic mass is 19.1. The highest BCUT2D eigenvalue weighted by molar-refractivity contribution is 5.98. The van der Waals surface area contributed by atoms with Crippen LogP contribution in [0.15, 0.2) is 23.0 Å². The third kappa shape index (κ3) is 2.34. The van der Waals surface area contributed by atoms with Crippen molar-refractivity contribution in [3.63, 3.8) is 0 Å².